The highest BCUT2D eigenvalue weighted by Gasteiger charge is 2.29. The third kappa shape index (κ3) is 1.96. The van der Waals surface area contributed by atoms with E-state index < -0.39 is 0 Å². The van der Waals surface area contributed by atoms with E-state index in [9.17, 15) is 0 Å². The number of aromatic nitrogens is 2. The molecule has 3 rings (SSSR count). The van der Waals surface area contributed by atoms with Crippen LogP contribution in [0.3, 0.4) is 0 Å². The van der Waals surface area contributed by atoms with Crippen molar-refractivity contribution in [2.75, 3.05) is 13.7 Å². The molecule has 0 aliphatic carbocycles. The maximum absolute atomic E-state index is 5.27. The van der Waals surface area contributed by atoms with E-state index in [0.717, 1.165) is 18.5 Å². The number of nitrogens with zero attached hydrogens (tertiary/aromatic N) is 2. The zero-order valence-electron chi connectivity index (χ0n) is 9.42. The molecule has 2 atom stereocenters. The van der Waals surface area contributed by atoms with Crippen molar-refractivity contribution in [2.45, 2.75) is 18.6 Å². The lowest BCUT2D eigenvalue weighted by atomic mass is 10.2. The van der Waals surface area contributed by atoms with E-state index in [4.69, 9.17) is 13.7 Å². The molecule has 0 saturated carbocycles. The standard InChI is InChI=1S/C11H13N3O3/c1-15-8-4-9(12-5-8)11-13-10(14-17-11)7-2-3-16-6-7/h2-3,6,8-9,12H,4-5H2,1H3/t8-,9+/m0/s1. The van der Waals surface area contributed by atoms with Gasteiger partial charge in [-0.15, -0.1) is 0 Å². The van der Waals surface area contributed by atoms with Crippen molar-refractivity contribution in [3.63, 3.8) is 0 Å². The molecule has 0 aromatic carbocycles. The molecule has 0 spiro atoms. The van der Waals surface area contributed by atoms with Gasteiger partial charge in [0.15, 0.2) is 0 Å². The predicted molar refractivity (Wildman–Crippen MR) is 58.2 cm³/mol. The van der Waals surface area contributed by atoms with Crippen LogP contribution in [0.4, 0.5) is 0 Å². The van der Waals surface area contributed by atoms with Crippen molar-refractivity contribution in [3.8, 4) is 11.4 Å². The Morgan fingerprint density at radius 1 is 1.53 bits per heavy atom. The van der Waals surface area contributed by atoms with E-state index in [0.29, 0.717) is 11.7 Å². The van der Waals surface area contributed by atoms with Crippen LogP contribution in [0.15, 0.2) is 27.5 Å². The first-order valence-electron chi connectivity index (χ1n) is 5.49. The highest BCUT2D eigenvalue weighted by Crippen LogP contribution is 2.25. The van der Waals surface area contributed by atoms with Crippen LogP contribution < -0.4 is 5.32 Å². The van der Waals surface area contributed by atoms with Gasteiger partial charge in [-0.1, -0.05) is 5.16 Å². The smallest absolute Gasteiger partial charge is 0.244 e. The van der Waals surface area contributed by atoms with Gasteiger partial charge in [-0.2, -0.15) is 4.98 Å². The van der Waals surface area contributed by atoms with Gasteiger partial charge in [-0.3, -0.25) is 0 Å². The van der Waals surface area contributed by atoms with Crippen LogP contribution >= 0.6 is 0 Å². The van der Waals surface area contributed by atoms with Crippen LogP contribution in [0.2, 0.25) is 0 Å². The van der Waals surface area contributed by atoms with Gasteiger partial charge < -0.3 is 19.0 Å². The summed E-state index contributed by atoms with van der Waals surface area (Å²) in [5.74, 6) is 1.15. The first kappa shape index (κ1) is 10.5. The minimum Gasteiger partial charge on any atom is -0.472 e. The molecule has 6 heteroatoms. The maximum atomic E-state index is 5.27. The van der Waals surface area contributed by atoms with Gasteiger partial charge in [0, 0.05) is 13.7 Å². The number of hydrogen-bond acceptors (Lipinski definition) is 6. The average Bonchev–Trinajstić information content (AvgIpc) is 3.09. The number of rotatable bonds is 3. The monoisotopic (exact) mass is 235 g/mol. The fourth-order valence-corrected chi connectivity index (χ4v) is 1.96. The summed E-state index contributed by atoms with van der Waals surface area (Å²) < 4.78 is 15.5. The molecule has 1 aliphatic heterocycles. The van der Waals surface area contributed by atoms with Crippen molar-refractivity contribution in [1.82, 2.24) is 15.5 Å². The van der Waals surface area contributed by atoms with Gasteiger partial charge in [0.05, 0.1) is 24.0 Å². The predicted octanol–water partition coefficient (Wildman–Crippen LogP) is 1.38. The Balaban J connectivity index is 1.77. The summed E-state index contributed by atoms with van der Waals surface area (Å²) in [5.41, 5.74) is 0.821. The van der Waals surface area contributed by atoms with Crippen LogP contribution in [0.25, 0.3) is 11.4 Å². The highest BCUT2D eigenvalue weighted by molar-refractivity contribution is 5.51. The third-order valence-corrected chi connectivity index (χ3v) is 2.94. The molecule has 1 fully saturated rings. The molecule has 1 saturated heterocycles. The van der Waals surface area contributed by atoms with Gasteiger partial charge in [0.1, 0.15) is 6.26 Å². The molecule has 1 N–H and O–H groups in total. The highest BCUT2D eigenvalue weighted by atomic mass is 16.5. The lowest BCUT2D eigenvalue weighted by molar-refractivity contribution is 0.116. The number of hydrogen-bond donors (Lipinski definition) is 1. The van der Waals surface area contributed by atoms with Crippen LogP contribution in [-0.2, 0) is 4.74 Å². The van der Waals surface area contributed by atoms with Gasteiger partial charge in [-0.05, 0) is 12.5 Å². The zero-order chi connectivity index (χ0) is 11.7. The van der Waals surface area contributed by atoms with Gasteiger partial charge in [-0.25, -0.2) is 0 Å². The summed E-state index contributed by atoms with van der Waals surface area (Å²) in [6.45, 7) is 0.810. The van der Waals surface area contributed by atoms with Crippen molar-refractivity contribution in [1.29, 1.82) is 0 Å². The minimum absolute atomic E-state index is 0.0769. The first-order valence-corrected chi connectivity index (χ1v) is 5.49. The van der Waals surface area contributed by atoms with Crippen molar-refractivity contribution in [2.24, 2.45) is 0 Å². The fourth-order valence-electron chi connectivity index (χ4n) is 1.96. The average molecular weight is 235 g/mol. The Labute approximate surface area is 98.0 Å². The summed E-state index contributed by atoms with van der Waals surface area (Å²) >= 11 is 0. The Hall–Kier alpha value is -1.66. The molecular formula is C11H13N3O3. The van der Waals surface area contributed by atoms with Gasteiger partial charge in [0.2, 0.25) is 11.7 Å². The lowest BCUT2D eigenvalue weighted by Gasteiger charge is -2.04. The minimum atomic E-state index is 0.0769. The van der Waals surface area contributed by atoms with Gasteiger partial charge >= 0.3 is 0 Å². The Kier molecular flexibility index (Phi) is 2.66. The first-order chi connectivity index (χ1) is 8.36. The largest absolute Gasteiger partial charge is 0.472 e. The summed E-state index contributed by atoms with van der Waals surface area (Å²) in [6, 6.07) is 1.88. The molecule has 2 aromatic heterocycles. The van der Waals surface area contributed by atoms with E-state index in [1.165, 1.54) is 0 Å². The van der Waals surface area contributed by atoms with E-state index in [1.807, 2.05) is 0 Å². The second-order valence-electron chi connectivity index (χ2n) is 4.02. The quantitative estimate of drug-likeness (QED) is 0.866. The summed E-state index contributed by atoms with van der Waals surface area (Å²) in [4.78, 5) is 4.35. The van der Waals surface area contributed by atoms with Crippen molar-refractivity contribution < 1.29 is 13.7 Å². The molecule has 17 heavy (non-hydrogen) atoms. The number of nitrogens with one attached hydrogen (secondary N) is 1. The summed E-state index contributed by atoms with van der Waals surface area (Å²) in [5, 5.41) is 7.22. The van der Waals surface area contributed by atoms with E-state index in [-0.39, 0.29) is 12.1 Å². The summed E-state index contributed by atoms with van der Waals surface area (Å²) in [7, 11) is 1.71. The zero-order valence-corrected chi connectivity index (χ0v) is 9.42. The fraction of sp³-hybridized carbons (Fsp3) is 0.455. The molecule has 6 nitrogen and oxygen atoms in total. The molecule has 2 aromatic rings. The molecule has 0 unspecified atom stereocenters. The van der Waals surface area contributed by atoms with Crippen LogP contribution in [0.1, 0.15) is 18.4 Å². The third-order valence-electron chi connectivity index (χ3n) is 2.94. The van der Waals surface area contributed by atoms with Crippen LogP contribution in [-0.4, -0.2) is 29.9 Å². The van der Waals surface area contributed by atoms with Gasteiger partial charge in [0.25, 0.3) is 0 Å². The molecule has 0 radical (unpaired) electrons. The Bertz CT molecular complexity index is 480. The second kappa shape index (κ2) is 4.31. The van der Waals surface area contributed by atoms with E-state index >= 15 is 0 Å². The molecule has 0 amide bonds. The Morgan fingerprint density at radius 3 is 3.18 bits per heavy atom. The van der Waals surface area contributed by atoms with Crippen LogP contribution in [0, 0.1) is 0 Å². The van der Waals surface area contributed by atoms with Crippen molar-refractivity contribution >= 4 is 0 Å². The lowest BCUT2D eigenvalue weighted by Crippen LogP contribution is -2.16. The molecule has 90 valence electrons. The molecule has 0 bridgehead atoms. The number of methoxy groups -OCH3 is 1. The topological polar surface area (TPSA) is 73.3 Å². The summed E-state index contributed by atoms with van der Waals surface area (Å²) in [6.07, 6.45) is 4.24. The van der Waals surface area contributed by atoms with E-state index in [1.54, 1.807) is 25.7 Å². The van der Waals surface area contributed by atoms with Crippen molar-refractivity contribution in [3.05, 3.63) is 24.5 Å². The van der Waals surface area contributed by atoms with Crippen LogP contribution in [0.5, 0.6) is 0 Å². The number of furan rings is 1. The molecule has 3 heterocycles. The normalized spacial score (nSPS) is 24.3. The molecular weight excluding hydrogens is 222 g/mol. The second-order valence-corrected chi connectivity index (χ2v) is 4.02. The molecule has 1 aliphatic rings. The number of ether oxygens (including phenoxy) is 1. The SMILES string of the molecule is CO[C@@H]1CN[C@@H](c2nc(-c3ccoc3)no2)C1. The Morgan fingerprint density at radius 2 is 2.47 bits per heavy atom. The maximum Gasteiger partial charge on any atom is 0.244 e. The van der Waals surface area contributed by atoms with E-state index in [2.05, 4.69) is 15.5 Å².